The number of carbonyl (C=O) groups excluding carboxylic acids is 1. The maximum absolute atomic E-state index is 13.5. The zero-order valence-corrected chi connectivity index (χ0v) is 21.1. The first-order valence-electron chi connectivity index (χ1n) is 12.0. The Morgan fingerprint density at radius 3 is 2.56 bits per heavy atom. The van der Waals surface area contributed by atoms with E-state index in [1.807, 2.05) is 30.3 Å². The highest BCUT2D eigenvalue weighted by Crippen LogP contribution is 2.41. The molecule has 1 aromatic heterocycles. The van der Waals surface area contributed by atoms with Gasteiger partial charge in [0, 0.05) is 25.0 Å². The maximum atomic E-state index is 13.5. The molecule has 2 aliphatic rings. The Kier molecular flexibility index (Phi) is 6.90. The average Bonchev–Trinajstić information content (AvgIpc) is 3.49. The molecule has 2 aromatic carbocycles. The quantitative estimate of drug-likeness (QED) is 0.481. The molecule has 13 heteroatoms. The molecule has 39 heavy (non-hydrogen) atoms. The van der Waals surface area contributed by atoms with E-state index in [2.05, 4.69) is 15.3 Å². The van der Waals surface area contributed by atoms with Crippen molar-refractivity contribution in [2.45, 2.75) is 41.1 Å². The summed E-state index contributed by atoms with van der Waals surface area (Å²) in [6.07, 6.45) is -3.72. The Morgan fingerprint density at radius 2 is 1.85 bits per heavy atom. The smallest absolute Gasteiger partial charge is 0.405 e. The first-order chi connectivity index (χ1) is 18.6. The van der Waals surface area contributed by atoms with Crippen LogP contribution >= 0.6 is 0 Å². The molecular formula is C26H22F3N5O4S. The second-order valence-electron chi connectivity index (χ2n) is 9.28. The number of anilines is 1. The number of benzene rings is 2. The standard InChI is InChI=1S/C26H22F3N5O4S/c27-26(28,29)19-8-4-5-9-22(19)39(36,37)17-10-11-34(15-17)24-21(14-31-23(13-30)33-24)38-25(35)32-20-12-18(20)16-6-2-1-3-7-16/h1-9,14,17-18,20H,10-12,15H2,(H,32,35)/t17-,18?,20?/m0/s1. The second kappa shape index (κ2) is 10.2. The van der Waals surface area contributed by atoms with Crippen molar-refractivity contribution >= 4 is 21.7 Å². The van der Waals surface area contributed by atoms with Crippen LogP contribution in [0.1, 0.15) is 35.7 Å². The number of alkyl halides is 3. The van der Waals surface area contributed by atoms with Crippen molar-refractivity contribution in [3.05, 3.63) is 77.7 Å². The number of amides is 1. The summed E-state index contributed by atoms with van der Waals surface area (Å²) in [6.45, 7) is -0.121. The summed E-state index contributed by atoms with van der Waals surface area (Å²) < 4.78 is 72.4. The number of sulfone groups is 1. The molecule has 1 amide bonds. The van der Waals surface area contributed by atoms with E-state index in [0.29, 0.717) is 0 Å². The van der Waals surface area contributed by atoms with E-state index in [0.717, 1.165) is 36.4 Å². The van der Waals surface area contributed by atoms with Crippen LogP contribution in [-0.2, 0) is 16.0 Å². The highest BCUT2D eigenvalue weighted by atomic mass is 32.2. The van der Waals surface area contributed by atoms with Gasteiger partial charge in [0.1, 0.15) is 6.07 Å². The number of nitriles is 1. The molecule has 9 nitrogen and oxygen atoms in total. The molecule has 202 valence electrons. The van der Waals surface area contributed by atoms with E-state index in [9.17, 15) is 31.6 Å². The zero-order chi connectivity index (χ0) is 27.8. The van der Waals surface area contributed by atoms with Crippen molar-refractivity contribution < 1.29 is 31.1 Å². The van der Waals surface area contributed by atoms with Crippen LogP contribution < -0.4 is 15.0 Å². The molecule has 1 saturated carbocycles. The molecule has 1 N–H and O–H groups in total. The first-order valence-corrected chi connectivity index (χ1v) is 13.6. The minimum absolute atomic E-state index is 0.00683. The van der Waals surface area contributed by atoms with E-state index >= 15 is 0 Å². The lowest BCUT2D eigenvalue weighted by atomic mass is 10.1. The third-order valence-corrected chi connectivity index (χ3v) is 8.97. The van der Waals surface area contributed by atoms with Crippen LogP contribution in [0.3, 0.4) is 0 Å². The first kappa shape index (κ1) is 26.4. The number of halogens is 3. The van der Waals surface area contributed by atoms with E-state index in [4.69, 9.17) is 4.74 Å². The molecule has 1 aliphatic carbocycles. The molecule has 3 atom stereocenters. The minimum atomic E-state index is -4.84. The number of aromatic nitrogens is 2. The number of nitrogens with zero attached hydrogens (tertiary/aromatic N) is 4. The summed E-state index contributed by atoms with van der Waals surface area (Å²) in [7, 11) is -4.38. The highest BCUT2D eigenvalue weighted by Gasteiger charge is 2.43. The summed E-state index contributed by atoms with van der Waals surface area (Å²) in [5, 5.41) is 10.9. The van der Waals surface area contributed by atoms with Crippen LogP contribution in [0.2, 0.25) is 0 Å². The molecule has 1 aliphatic heterocycles. The molecular weight excluding hydrogens is 535 g/mol. The molecule has 1 saturated heterocycles. The molecule has 3 aromatic rings. The Labute approximate surface area is 222 Å². The highest BCUT2D eigenvalue weighted by molar-refractivity contribution is 7.92. The normalized spacial score (nSPS) is 20.8. The van der Waals surface area contributed by atoms with Gasteiger partial charge in [0.15, 0.2) is 21.4 Å². The largest absolute Gasteiger partial charge is 0.417 e. The monoisotopic (exact) mass is 557 g/mol. The fourth-order valence-electron chi connectivity index (χ4n) is 4.72. The molecule has 2 unspecified atom stereocenters. The van der Waals surface area contributed by atoms with Crippen LogP contribution in [0.15, 0.2) is 65.7 Å². The summed E-state index contributed by atoms with van der Waals surface area (Å²) in [5.41, 5.74) is -0.145. The van der Waals surface area contributed by atoms with Gasteiger partial charge >= 0.3 is 12.3 Å². The Bertz CT molecular complexity index is 1540. The van der Waals surface area contributed by atoms with Gasteiger partial charge in [0.2, 0.25) is 5.82 Å². The lowest BCUT2D eigenvalue weighted by Crippen LogP contribution is -2.32. The van der Waals surface area contributed by atoms with Gasteiger partial charge in [-0.05, 0) is 30.5 Å². The van der Waals surface area contributed by atoms with Crippen molar-refractivity contribution in [3.8, 4) is 11.8 Å². The lowest BCUT2D eigenvalue weighted by Gasteiger charge is -2.21. The van der Waals surface area contributed by atoms with Crippen LogP contribution in [-0.4, -0.2) is 48.9 Å². The number of nitrogens with one attached hydrogen (secondary N) is 1. The van der Waals surface area contributed by atoms with Gasteiger partial charge in [0.25, 0.3) is 0 Å². The number of carbonyl (C=O) groups is 1. The van der Waals surface area contributed by atoms with Gasteiger partial charge in [-0.25, -0.2) is 18.2 Å². The molecule has 2 heterocycles. The van der Waals surface area contributed by atoms with Gasteiger partial charge in [-0.1, -0.05) is 42.5 Å². The fourth-order valence-corrected chi connectivity index (χ4v) is 6.63. The Hall–Kier alpha value is -4.18. The van der Waals surface area contributed by atoms with E-state index in [1.165, 1.54) is 11.0 Å². The van der Waals surface area contributed by atoms with Crippen molar-refractivity contribution in [2.24, 2.45) is 0 Å². The van der Waals surface area contributed by atoms with Crippen molar-refractivity contribution in [1.29, 1.82) is 5.26 Å². The molecule has 5 rings (SSSR count). The Balaban J connectivity index is 1.33. The van der Waals surface area contributed by atoms with Crippen molar-refractivity contribution in [2.75, 3.05) is 18.0 Å². The SMILES string of the molecule is N#Cc1ncc(OC(=O)NC2CC2c2ccccc2)c(N2CC[C@H](S(=O)(=O)c3ccccc3C(F)(F)F)C2)n1. The maximum Gasteiger partial charge on any atom is 0.417 e. The van der Waals surface area contributed by atoms with Crippen molar-refractivity contribution in [1.82, 2.24) is 15.3 Å². The van der Waals surface area contributed by atoms with Crippen LogP contribution in [0, 0.1) is 11.3 Å². The number of hydrogen-bond acceptors (Lipinski definition) is 8. The van der Waals surface area contributed by atoms with Gasteiger partial charge in [-0.3, -0.25) is 0 Å². The predicted octanol–water partition coefficient (Wildman–Crippen LogP) is 4.06. The number of rotatable bonds is 6. The molecule has 0 radical (unpaired) electrons. The number of hydrogen-bond donors (Lipinski definition) is 1. The second-order valence-corrected chi connectivity index (χ2v) is 11.5. The van der Waals surface area contributed by atoms with E-state index < -0.39 is 37.8 Å². The van der Waals surface area contributed by atoms with Gasteiger partial charge in [-0.15, -0.1) is 0 Å². The van der Waals surface area contributed by atoms with Crippen molar-refractivity contribution in [3.63, 3.8) is 0 Å². The van der Waals surface area contributed by atoms with Crippen LogP contribution in [0.4, 0.5) is 23.8 Å². The summed E-state index contributed by atoms with van der Waals surface area (Å²) in [4.78, 5) is 21.2. The molecule has 0 bridgehead atoms. The third kappa shape index (κ3) is 5.51. The average molecular weight is 558 g/mol. The van der Waals surface area contributed by atoms with Crippen LogP contribution in [0.5, 0.6) is 5.75 Å². The summed E-state index contributed by atoms with van der Waals surface area (Å²) in [5.74, 6) is -0.177. The summed E-state index contributed by atoms with van der Waals surface area (Å²) in [6, 6.07) is 15.4. The van der Waals surface area contributed by atoms with Gasteiger partial charge < -0.3 is 15.0 Å². The lowest BCUT2D eigenvalue weighted by molar-refractivity contribution is -0.139. The summed E-state index contributed by atoms with van der Waals surface area (Å²) >= 11 is 0. The van der Waals surface area contributed by atoms with Gasteiger partial charge in [0.05, 0.1) is 21.9 Å². The minimum Gasteiger partial charge on any atom is -0.405 e. The van der Waals surface area contributed by atoms with E-state index in [-0.39, 0.29) is 48.9 Å². The zero-order valence-electron chi connectivity index (χ0n) is 20.3. The molecule has 2 fully saturated rings. The van der Waals surface area contributed by atoms with Crippen LogP contribution in [0.25, 0.3) is 0 Å². The molecule has 0 spiro atoms. The Morgan fingerprint density at radius 1 is 1.13 bits per heavy atom. The van der Waals surface area contributed by atoms with E-state index in [1.54, 1.807) is 6.07 Å². The fraction of sp³-hybridized carbons (Fsp3) is 0.308. The predicted molar refractivity (Wildman–Crippen MR) is 133 cm³/mol. The topological polar surface area (TPSA) is 125 Å². The van der Waals surface area contributed by atoms with Gasteiger partial charge in [-0.2, -0.15) is 23.4 Å². The number of ether oxygens (including phenoxy) is 1. The third-order valence-electron chi connectivity index (χ3n) is 6.74.